The number of hydrogen-bond donors (Lipinski definition) is 1. The van der Waals surface area contributed by atoms with Crippen LogP contribution in [-0.2, 0) is 10.3 Å². The van der Waals surface area contributed by atoms with Crippen LogP contribution in [0.3, 0.4) is 0 Å². The quantitative estimate of drug-likeness (QED) is 0.784. The lowest BCUT2D eigenvalue weighted by atomic mass is 9.96. The van der Waals surface area contributed by atoms with Gasteiger partial charge in [0.1, 0.15) is 5.60 Å². The van der Waals surface area contributed by atoms with Crippen molar-refractivity contribution in [3.05, 3.63) is 5.82 Å². The fourth-order valence-electron chi connectivity index (χ4n) is 1.62. The zero-order chi connectivity index (χ0) is 11.3. The normalized spacial score (nSPS) is 11.7. The summed E-state index contributed by atoms with van der Waals surface area (Å²) in [5.74, 6) is 0.624. The number of aromatic nitrogens is 2. The van der Waals surface area contributed by atoms with Gasteiger partial charge in [0.25, 0.3) is 0 Å². The number of nitrogens with one attached hydrogen (secondary N) is 1. The van der Waals surface area contributed by atoms with Gasteiger partial charge in [-0.1, -0.05) is 19.0 Å². The second-order valence-electron chi connectivity index (χ2n) is 3.31. The van der Waals surface area contributed by atoms with Crippen molar-refractivity contribution in [1.82, 2.24) is 10.1 Å². The van der Waals surface area contributed by atoms with Crippen LogP contribution in [0.5, 0.6) is 0 Å². The highest BCUT2D eigenvalue weighted by atomic mass is 16.5. The molecule has 0 saturated carbocycles. The smallest absolute Gasteiger partial charge is 0.321 e. The molecule has 0 aromatic carbocycles. The van der Waals surface area contributed by atoms with Crippen molar-refractivity contribution in [2.24, 2.45) is 0 Å². The fraction of sp³-hybridized carbons (Fsp3) is 0.800. The highest BCUT2D eigenvalue weighted by Gasteiger charge is 2.34. The van der Waals surface area contributed by atoms with E-state index in [9.17, 15) is 0 Å². The minimum absolute atomic E-state index is 0.409. The Bertz CT molecular complexity index is 295. The highest BCUT2D eigenvalue weighted by molar-refractivity contribution is 5.18. The zero-order valence-corrected chi connectivity index (χ0v) is 9.83. The van der Waals surface area contributed by atoms with E-state index in [4.69, 9.17) is 9.26 Å². The lowest BCUT2D eigenvalue weighted by Gasteiger charge is -2.27. The van der Waals surface area contributed by atoms with E-state index in [1.807, 2.05) is 6.92 Å². The van der Waals surface area contributed by atoms with Crippen molar-refractivity contribution in [2.75, 3.05) is 19.0 Å². The van der Waals surface area contributed by atoms with E-state index in [0.717, 1.165) is 12.8 Å². The van der Waals surface area contributed by atoms with Crippen molar-refractivity contribution in [3.8, 4) is 0 Å². The Morgan fingerprint density at radius 3 is 2.40 bits per heavy atom. The molecule has 1 heterocycles. The molecule has 0 bridgehead atoms. The van der Waals surface area contributed by atoms with Crippen molar-refractivity contribution in [2.45, 2.75) is 39.2 Å². The Balaban J connectivity index is 2.96. The molecular formula is C10H19N3O2. The van der Waals surface area contributed by atoms with Gasteiger partial charge < -0.3 is 14.6 Å². The fourth-order valence-corrected chi connectivity index (χ4v) is 1.62. The first-order valence-electron chi connectivity index (χ1n) is 5.38. The van der Waals surface area contributed by atoms with Gasteiger partial charge in [0, 0.05) is 13.7 Å². The molecule has 0 unspecified atom stereocenters. The summed E-state index contributed by atoms with van der Waals surface area (Å²) in [4.78, 5) is 4.25. The summed E-state index contributed by atoms with van der Waals surface area (Å²) < 4.78 is 10.8. The topological polar surface area (TPSA) is 60.2 Å². The second-order valence-corrected chi connectivity index (χ2v) is 3.31. The molecule has 0 atom stereocenters. The molecule has 0 aliphatic carbocycles. The van der Waals surface area contributed by atoms with Crippen molar-refractivity contribution < 1.29 is 9.26 Å². The molecule has 86 valence electrons. The van der Waals surface area contributed by atoms with Gasteiger partial charge in [-0.15, -0.1) is 0 Å². The molecule has 0 aliphatic heterocycles. The SMILES string of the molecule is CCOC(CC)(CC)c1noc(NC)n1. The molecule has 1 N–H and O–H groups in total. The Kier molecular flexibility index (Phi) is 4.08. The van der Waals surface area contributed by atoms with E-state index in [-0.39, 0.29) is 0 Å². The number of anilines is 1. The van der Waals surface area contributed by atoms with Gasteiger partial charge in [0.05, 0.1) is 0 Å². The number of nitrogens with zero attached hydrogens (tertiary/aromatic N) is 2. The lowest BCUT2D eigenvalue weighted by Crippen LogP contribution is -2.29. The first-order valence-corrected chi connectivity index (χ1v) is 5.38. The molecular weight excluding hydrogens is 194 g/mol. The average Bonchev–Trinajstić information content (AvgIpc) is 2.75. The Morgan fingerprint density at radius 2 is 2.00 bits per heavy atom. The maximum atomic E-state index is 5.76. The van der Waals surface area contributed by atoms with E-state index in [0.29, 0.717) is 18.4 Å². The van der Waals surface area contributed by atoms with Crippen LogP contribution in [-0.4, -0.2) is 23.8 Å². The Hall–Kier alpha value is -1.10. The largest absolute Gasteiger partial charge is 0.367 e. The number of ether oxygens (including phenoxy) is 1. The minimum atomic E-state index is -0.409. The maximum absolute atomic E-state index is 5.76. The predicted molar refractivity (Wildman–Crippen MR) is 57.7 cm³/mol. The molecule has 0 saturated heterocycles. The highest BCUT2D eigenvalue weighted by Crippen LogP contribution is 2.31. The van der Waals surface area contributed by atoms with E-state index in [1.165, 1.54) is 0 Å². The summed E-state index contributed by atoms with van der Waals surface area (Å²) in [6.07, 6.45) is 1.67. The van der Waals surface area contributed by atoms with Gasteiger partial charge in [-0.3, -0.25) is 0 Å². The average molecular weight is 213 g/mol. The Morgan fingerprint density at radius 1 is 1.33 bits per heavy atom. The summed E-state index contributed by atoms with van der Waals surface area (Å²) in [7, 11) is 1.75. The van der Waals surface area contributed by atoms with Gasteiger partial charge in [-0.2, -0.15) is 4.98 Å². The van der Waals surface area contributed by atoms with Crippen LogP contribution in [0.15, 0.2) is 4.52 Å². The van der Waals surface area contributed by atoms with Gasteiger partial charge in [0.2, 0.25) is 5.82 Å². The van der Waals surface area contributed by atoms with Crippen LogP contribution in [0.25, 0.3) is 0 Å². The van der Waals surface area contributed by atoms with Crippen molar-refractivity contribution in [3.63, 3.8) is 0 Å². The van der Waals surface area contributed by atoms with E-state index in [2.05, 4.69) is 29.3 Å². The van der Waals surface area contributed by atoms with E-state index < -0.39 is 5.60 Å². The minimum Gasteiger partial charge on any atom is -0.367 e. The summed E-state index contributed by atoms with van der Waals surface area (Å²) >= 11 is 0. The van der Waals surface area contributed by atoms with Crippen LogP contribution in [0.1, 0.15) is 39.4 Å². The first-order chi connectivity index (χ1) is 7.22. The summed E-state index contributed by atoms with van der Waals surface area (Å²) in [6.45, 7) is 6.74. The molecule has 5 heteroatoms. The number of hydrogen-bond acceptors (Lipinski definition) is 5. The van der Waals surface area contributed by atoms with Crippen LogP contribution in [0, 0.1) is 0 Å². The molecule has 0 aliphatic rings. The van der Waals surface area contributed by atoms with Gasteiger partial charge >= 0.3 is 6.01 Å². The standard InChI is InChI=1S/C10H19N3O2/c1-5-10(6-2,14-7-3)8-12-9(11-4)15-13-8/h5-7H2,1-4H3,(H,11,12,13). The third kappa shape index (κ3) is 2.28. The summed E-state index contributed by atoms with van der Waals surface area (Å²) in [5.41, 5.74) is -0.409. The maximum Gasteiger partial charge on any atom is 0.321 e. The van der Waals surface area contributed by atoms with Gasteiger partial charge in [-0.25, -0.2) is 0 Å². The molecule has 1 rings (SSSR count). The van der Waals surface area contributed by atoms with Crippen LogP contribution in [0.2, 0.25) is 0 Å². The lowest BCUT2D eigenvalue weighted by molar-refractivity contribution is -0.0583. The molecule has 0 fully saturated rings. The third-order valence-corrected chi connectivity index (χ3v) is 2.61. The molecule has 0 amide bonds. The zero-order valence-electron chi connectivity index (χ0n) is 9.83. The first kappa shape index (κ1) is 12.0. The van der Waals surface area contributed by atoms with Crippen LogP contribution in [0.4, 0.5) is 6.01 Å². The second kappa shape index (κ2) is 5.11. The van der Waals surface area contributed by atoms with Gasteiger partial charge in [0.15, 0.2) is 0 Å². The van der Waals surface area contributed by atoms with Crippen molar-refractivity contribution in [1.29, 1.82) is 0 Å². The molecule has 0 radical (unpaired) electrons. The van der Waals surface area contributed by atoms with E-state index in [1.54, 1.807) is 7.05 Å². The van der Waals surface area contributed by atoms with Crippen LogP contribution >= 0.6 is 0 Å². The van der Waals surface area contributed by atoms with Gasteiger partial charge in [-0.05, 0) is 19.8 Å². The molecule has 5 nitrogen and oxygen atoms in total. The van der Waals surface area contributed by atoms with E-state index >= 15 is 0 Å². The van der Waals surface area contributed by atoms with Crippen molar-refractivity contribution >= 4 is 6.01 Å². The summed E-state index contributed by atoms with van der Waals surface area (Å²) in [5, 5.41) is 6.76. The molecule has 1 aromatic rings. The molecule has 1 aromatic heterocycles. The molecule has 15 heavy (non-hydrogen) atoms. The molecule has 0 spiro atoms. The monoisotopic (exact) mass is 213 g/mol. The van der Waals surface area contributed by atoms with Crippen LogP contribution < -0.4 is 5.32 Å². The third-order valence-electron chi connectivity index (χ3n) is 2.61. The Labute approximate surface area is 90.2 Å². The summed E-state index contributed by atoms with van der Waals surface area (Å²) in [6, 6.07) is 0.427. The number of rotatable bonds is 6. The predicted octanol–water partition coefficient (Wildman–Crippen LogP) is 2.16.